The molecule has 0 saturated carbocycles. The minimum atomic E-state index is -0.0489. The number of fused-ring (bicyclic) bond motifs is 1. The molecule has 5 heteroatoms. The Morgan fingerprint density at radius 3 is 2.78 bits per heavy atom. The number of aryl methyl sites for hydroxylation is 1. The van der Waals surface area contributed by atoms with E-state index < -0.39 is 0 Å². The predicted octanol–water partition coefficient (Wildman–Crippen LogP) is 3.46. The van der Waals surface area contributed by atoms with E-state index in [-0.39, 0.29) is 6.10 Å². The van der Waals surface area contributed by atoms with Crippen molar-refractivity contribution in [3.8, 4) is 11.5 Å². The third-order valence-electron chi connectivity index (χ3n) is 3.66. The standard InChI is InChI=1S/C18H20N2O2S/c1-13-6-5-7-14(10-13)19-18(23)20(2)11-15-12-21-16-8-3-4-9-17(16)22-15/h3-10,15H,11-12H2,1-2H3,(H,19,23)/t15-/m0/s1. The van der Waals surface area contributed by atoms with Crippen LogP contribution < -0.4 is 14.8 Å². The number of thiocarbonyl (C=S) groups is 1. The summed E-state index contributed by atoms with van der Waals surface area (Å²) in [6, 6.07) is 15.9. The second-order valence-electron chi connectivity index (χ2n) is 5.68. The van der Waals surface area contributed by atoms with Crippen LogP contribution in [-0.2, 0) is 0 Å². The molecule has 0 spiro atoms. The molecule has 120 valence electrons. The number of likely N-dealkylation sites (N-methyl/N-ethyl adjacent to an activating group) is 1. The number of rotatable bonds is 3. The molecule has 0 amide bonds. The van der Waals surface area contributed by atoms with Gasteiger partial charge in [0.1, 0.15) is 6.61 Å². The number of para-hydroxylation sites is 2. The van der Waals surface area contributed by atoms with Gasteiger partial charge in [-0.25, -0.2) is 0 Å². The zero-order valence-electron chi connectivity index (χ0n) is 13.3. The highest BCUT2D eigenvalue weighted by atomic mass is 32.1. The van der Waals surface area contributed by atoms with Gasteiger partial charge in [0.25, 0.3) is 0 Å². The summed E-state index contributed by atoms with van der Waals surface area (Å²) in [5.74, 6) is 1.58. The third kappa shape index (κ3) is 3.93. The van der Waals surface area contributed by atoms with Crippen molar-refractivity contribution >= 4 is 23.0 Å². The van der Waals surface area contributed by atoms with Gasteiger partial charge in [-0.2, -0.15) is 0 Å². The van der Waals surface area contributed by atoms with E-state index in [2.05, 4.69) is 24.4 Å². The fourth-order valence-electron chi connectivity index (χ4n) is 2.48. The van der Waals surface area contributed by atoms with Gasteiger partial charge in [-0.05, 0) is 49.0 Å². The number of anilines is 1. The number of hydrogen-bond donors (Lipinski definition) is 1. The maximum atomic E-state index is 5.97. The first-order valence-corrected chi connectivity index (χ1v) is 8.00. The van der Waals surface area contributed by atoms with Crippen LogP contribution in [0.15, 0.2) is 48.5 Å². The summed E-state index contributed by atoms with van der Waals surface area (Å²) in [7, 11) is 1.95. The minimum absolute atomic E-state index is 0.0489. The van der Waals surface area contributed by atoms with Gasteiger partial charge in [-0.1, -0.05) is 24.3 Å². The van der Waals surface area contributed by atoms with Crippen LogP contribution in [0.3, 0.4) is 0 Å². The van der Waals surface area contributed by atoms with Crippen molar-refractivity contribution in [1.29, 1.82) is 0 Å². The van der Waals surface area contributed by atoms with Crippen molar-refractivity contribution < 1.29 is 9.47 Å². The first-order chi connectivity index (χ1) is 11.1. The van der Waals surface area contributed by atoms with E-state index in [0.717, 1.165) is 17.2 Å². The monoisotopic (exact) mass is 328 g/mol. The third-order valence-corrected chi connectivity index (χ3v) is 4.07. The fourth-order valence-corrected chi connectivity index (χ4v) is 2.68. The molecule has 0 radical (unpaired) electrons. The van der Waals surface area contributed by atoms with Gasteiger partial charge in [0, 0.05) is 12.7 Å². The highest BCUT2D eigenvalue weighted by Gasteiger charge is 2.22. The number of benzene rings is 2. The summed E-state index contributed by atoms with van der Waals surface area (Å²) in [6.07, 6.45) is -0.0489. The van der Waals surface area contributed by atoms with Crippen LogP contribution in [0.5, 0.6) is 11.5 Å². The lowest BCUT2D eigenvalue weighted by atomic mass is 10.2. The molecule has 1 N–H and O–H groups in total. The van der Waals surface area contributed by atoms with E-state index in [4.69, 9.17) is 21.7 Å². The van der Waals surface area contributed by atoms with Gasteiger partial charge in [0.15, 0.2) is 22.7 Å². The zero-order chi connectivity index (χ0) is 16.2. The quantitative estimate of drug-likeness (QED) is 0.873. The Hall–Kier alpha value is -2.27. The molecule has 23 heavy (non-hydrogen) atoms. The summed E-state index contributed by atoms with van der Waals surface area (Å²) < 4.78 is 11.7. The lowest BCUT2D eigenvalue weighted by molar-refractivity contribution is 0.0784. The van der Waals surface area contributed by atoms with E-state index in [0.29, 0.717) is 18.3 Å². The number of nitrogens with zero attached hydrogens (tertiary/aromatic N) is 1. The second kappa shape index (κ2) is 6.87. The zero-order valence-corrected chi connectivity index (χ0v) is 14.1. The minimum Gasteiger partial charge on any atom is -0.486 e. The smallest absolute Gasteiger partial charge is 0.173 e. The van der Waals surface area contributed by atoms with Crippen LogP contribution in [0.25, 0.3) is 0 Å². The Morgan fingerprint density at radius 1 is 1.22 bits per heavy atom. The maximum Gasteiger partial charge on any atom is 0.173 e. The Morgan fingerprint density at radius 2 is 2.00 bits per heavy atom. The summed E-state index contributed by atoms with van der Waals surface area (Å²) in [5.41, 5.74) is 2.19. The fraction of sp³-hybridized carbons (Fsp3) is 0.278. The molecule has 0 aromatic heterocycles. The molecule has 0 bridgehead atoms. The summed E-state index contributed by atoms with van der Waals surface area (Å²) >= 11 is 5.47. The largest absolute Gasteiger partial charge is 0.486 e. The maximum absolute atomic E-state index is 5.97. The number of nitrogens with one attached hydrogen (secondary N) is 1. The average molecular weight is 328 g/mol. The first-order valence-electron chi connectivity index (χ1n) is 7.59. The van der Waals surface area contributed by atoms with Crippen LogP contribution in [0.4, 0.5) is 5.69 Å². The van der Waals surface area contributed by atoms with Crippen LogP contribution in [0.2, 0.25) is 0 Å². The number of hydrogen-bond acceptors (Lipinski definition) is 3. The molecule has 3 rings (SSSR count). The molecule has 1 heterocycles. The van der Waals surface area contributed by atoms with Gasteiger partial charge in [-0.3, -0.25) is 0 Å². The molecule has 2 aromatic rings. The van der Waals surface area contributed by atoms with E-state index in [9.17, 15) is 0 Å². The van der Waals surface area contributed by atoms with Gasteiger partial charge in [0.2, 0.25) is 0 Å². The second-order valence-corrected chi connectivity index (χ2v) is 6.06. The van der Waals surface area contributed by atoms with E-state index in [1.165, 1.54) is 5.56 Å². The van der Waals surface area contributed by atoms with E-state index in [1.54, 1.807) is 0 Å². The van der Waals surface area contributed by atoms with E-state index in [1.807, 2.05) is 48.3 Å². The van der Waals surface area contributed by atoms with Crippen molar-refractivity contribution in [2.45, 2.75) is 13.0 Å². The molecule has 0 saturated heterocycles. The number of ether oxygens (including phenoxy) is 2. The topological polar surface area (TPSA) is 33.7 Å². The molecule has 1 atom stereocenters. The Bertz CT molecular complexity index is 705. The lowest BCUT2D eigenvalue weighted by Gasteiger charge is -2.30. The highest BCUT2D eigenvalue weighted by Crippen LogP contribution is 2.30. The molecule has 2 aromatic carbocycles. The summed E-state index contributed by atoms with van der Waals surface area (Å²) in [6.45, 7) is 3.24. The highest BCUT2D eigenvalue weighted by molar-refractivity contribution is 7.80. The summed E-state index contributed by atoms with van der Waals surface area (Å²) in [4.78, 5) is 1.97. The van der Waals surface area contributed by atoms with Gasteiger partial charge < -0.3 is 19.7 Å². The Balaban J connectivity index is 1.57. The van der Waals surface area contributed by atoms with Crippen LogP contribution in [0.1, 0.15) is 5.56 Å². The molecule has 1 aliphatic rings. The molecule has 1 aliphatic heterocycles. The van der Waals surface area contributed by atoms with Gasteiger partial charge >= 0.3 is 0 Å². The van der Waals surface area contributed by atoms with Crippen molar-refractivity contribution in [2.75, 3.05) is 25.5 Å². The normalized spacial score (nSPS) is 15.8. The van der Waals surface area contributed by atoms with Crippen LogP contribution >= 0.6 is 12.2 Å². The molecule has 4 nitrogen and oxygen atoms in total. The average Bonchev–Trinajstić information content (AvgIpc) is 2.54. The van der Waals surface area contributed by atoms with Crippen LogP contribution in [-0.4, -0.2) is 36.3 Å². The van der Waals surface area contributed by atoms with E-state index >= 15 is 0 Å². The predicted molar refractivity (Wildman–Crippen MR) is 96.4 cm³/mol. The van der Waals surface area contributed by atoms with Crippen molar-refractivity contribution in [3.63, 3.8) is 0 Å². The first kappa shape index (κ1) is 15.6. The van der Waals surface area contributed by atoms with Crippen molar-refractivity contribution in [2.24, 2.45) is 0 Å². The Kier molecular flexibility index (Phi) is 4.67. The lowest BCUT2D eigenvalue weighted by Crippen LogP contribution is -2.43. The van der Waals surface area contributed by atoms with Crippen molar-refractivity contribution in [3.05, 3.63) is 54.1 Å². The SMILES string of the molecule is Cc1cccc(NC(=S)N(C)C[C@H]2COc3ccccc3O2)c1. The summed E-state index contributed by atoms with van der Waals surface area (Å²) in [5, 5.41) is 3.92. The molecular formula is C18H20N2O2S. The molecule has 0 fully saturated rings. The van der Waals surface area contributed by atoms with Crippen LogP contribution in [0, 0.1) is 6.92 Å². The molecule has 0 unspecified atom stereocenters. The van der Waals surface area contributed by atoms with Gasteiger partial charge in [-0.15, -0.1) is 0 Å². The molecule has 0 aliphatic carbocycles. The molecular weight excluding hydrogens is 308 g/mol. The van der Waals surface area contributed by atoms with Crippen molar-refractivity contribution in [1.82, 2.24) is 4.90 Å². The van der Waals surface area contributed by atoms with Gasteiger partial charge in [0.05, 0.1) is 6.54 Å². The Labute approximate surface area is 142 Å².